The van der Waals surface area contributed by atoms with Gasteiger partial charge in [-0.1, -0.05) is 42.5 Å². The van der Waals surface area contributed by atoms with Gasteiger partial charge in [0.15, 0.2) is 0 Å². The van der Waals surface area contributed by atoms with Crippen LogP contribution in [0.3, 0.4) is 0 Å². The molecule has 0 aromatic heterocycles. The minimum absolute atomic E-state index is 0.849. The molecule has 2 aromatic carbocycles. The summed E-state index contributed by atoms with van der Waals surface area (Å²) in [4.78, 5) is 2.41. The van der Waals surface area contributed by atoms with Gasteiger partial charge in [-0.25, -0.2) is 0 Å². The summed E-state index contributed by atoms with van der Waals surface area (Å²) in [6, 6.07) is 20.3. The lowest BCUT2D eigenvalue weighted by atomic mass is 10.0. The Balaban J connectivity index is 1.68. The second kappa shape index (κ2) is 6.00. The molecule has 1 fully saturated rings. The Morgan fingerprint density at radius 2 is 1.74 bits per heavy atom. The first-order valence-electron chi connectivity index (χ1n) is 6.78. The van der Waals surface area contributed by atoms with E-state index in [1.807, 2.05) is 6.07 Å². The van der Waals surface area contributed by atoms with E-state index in [4.69, 9.17) is 4.74 Å². The van der Waals surface area contributed by atoms with Crippen LogP contribution in [0, 0.1) is 6.07 Å². The monoisotopic (exact) mass is 252 g/mol. The van der Waals surface area contributed by atoms with E-state index in [9.17, 15) is 0 Å². The van der Waals surface area contributed by atoms with Gasteiger partial charge in [-0.3, -0.25) is 4.90 Å². The Kier molecular flexibility index (Phi) is 3.92. The molecule has 0 unspecified atom stereocenters. The van der Waals surface area contributed by atoms with Gasteiger partial charge >= 0.3 is 0 Å². The van der Waals surface area contributed by atoms with Gasteiger partial charge < -0.3 is 4.74 Å². The van der Waals surface area contributed by atoms with Crippen LogP contribution in [0.4, 0.5) is 0 Å². The minimum atomic E-state index is 0.849. The van der Waals surface area contributed by atoms with Gasteiger partial charge in [0.05, 0.1) is 13.2 Å². The zero-order chi connectivity index (χ0) is 12.9. The molecule has 0 bridgehead atoms. The number of nitrogens with zero attached hydrogens (tertiary/aromatic N) is 1. The van der Waals surface area contributed by atoms with Crippen molar-refractivity contribution in [2.45, 2.75) is 6.54 Å². The summed E-state index contributed by atoms with van der Waals surface area (Å²) < 4.78 is 5.36. The number of benzene rings is 2. The summed E-state index contributed by atoms with van der Waals surface area (Å²) in [5, 5.41) is 0. The zero-order valence-electron chi connectivity index (χ0n) is 11.0. The smallest absolute Gasteiger partial charge is 0.0594 e. The van der Waals surface area contributed by atoms with Crippen LogP contribution in [-0.2, 0) is 11.3 Å². The van der Waals surface area contributed by atoms with Gasteiger partial charge in [-0.05, 0) is 28.8 Å². The lowest BCUT2D eigenvalue weighted by molar-refractivity contribution is 0.0341. The lowest BCUT2D eigenvalue weighted by Gasteiger charge is -2.26. The molecule has 0 spiro atoms. The van der Waals surface area contributed by atoms with Crippen LogP contribution in [0.15, 0.2) is 48.5 Å². The highest BCUT2D eigenvalue weighted by atomic mass is 16.5. The van der Waals surface area contributed by atoms with E-state index in [1.165, 1.54) is 16.7 Å². The van der Waals surface area contributed by atoms with Crippen LogP contribution in [0.2, 0.25) is 0 Å². The molecule has 2 aromatic rings. The molecule has 0 atom stereocenters. The van der Waals surface area contributed by atoms with Crippen molar-refractivity contribution in [3.63, 3.8) is 0 Å². The summed E-state index contributed by atoms with van der Waals surface area (Å²) in [7, 11) is 0. The maximum Gasteiger partial charge on any atom is 0.0594 e. The van der Waals surface area contributed by atoms with Gasteiger partial charge in [0.25, 0.3) is 0 Å². The topological polar surface area (TPSA) is 12.5 Å². The van der Waals surface area contributed by atoms with Gasteiger partial charge in [0.1, 0.15) is 0 Å². The largest absolute Gasteiger partial charge is 0.379 e. The fraction of sp³-hybridized carbons (Fsp3) is 0.294. The second-order valence-electron chi connectivity index (χ2n) is 4.86. The third kappa shape index (κ3) is 3.22. The van der Waals surface area contributed by atoms with Crippen LogP contribution in [0.5, 0.6) is 0 Å². The molecule has 1 aliphatic heterocycles. The molecular formula is C17H18NO. The van der Waals surface area contributed by atoms with Crippen molar-refractivity contribution in [1.82, 2.24) is 4.90 Å². The first-order valence-corrected chi connectivity index (χ1v) is 6.78. The van der Waals surface area contributed by atoms with E-state index in [0.717, 1.165) is 32.8 Å². The highest BCUT2D eigenvalue weighted by molar-refractivity contribution is 5.63. The molecule has 1 radical (unpaired) electrons. The summed E-state index contributed by atoms with van der Waals surface area (Å²) in [6.45, 7) is 4.71. The molecule has 19 heavy (non-hydrogen) atoms. The molecule has 2 nitrogen and oxygen atoms in total. The fourth-order valence-corrected chi connectivity index (χ4v) is 2.37. The van der Waals surface area contributed by atoms with Crippen molar-refractivity contribution in [2.24, 2.45) is 0 Å². The molecule has 0 saturated carbocycles. The standard InChI is InChI=1S/C17H18NO/c1-2-4-16(5-3-1)17-8-6-15(7-9-17)14-18-10-12-19-13-11-18/h1-6,8-9H,10-14H2. The predicted molar refractivity (Wildman–Crippen MR) is 76.8 cm³/mol. The van der Waals surface area contributed by atoms with Crippen molar-refractivity contribution in [2.75, 3.05) is 26.3 Å². The molecule has 1 saturated heterocycles. The Morgan fingerprint density at radius 1 is 0.947 bits per heavy atom. The first kappa shape index (κ1) is 12.4. The molecule has 2 heteroatoms. The maximum absolute atomic E-state index is 5.36. The molecule has 97 valence electrons. The van der Waals surface area contributed by atoms with E-state index in [-0.39, 0.29) is 0 Å². The highest BCUT2D eigenvalue weighted by Crippen LogP contribution is 2.19. The molecule has 0 amide bonds. The van der Waals surface area contributed by atoms with Crippen molar-refractivity contribution >= 4 is 0 Å². The number of hydrogen-bond acceptors (Lipinski definition) is 2. The van der Waals surface area contributed by atoms with E-state index in [0.29, 0.717) is 0 Å². The summed E-state index contributed by atoms with van der Waals surface area (Å²) in [5.41, 5.74) is 3.73. The van der Waals surface area contributed by atoms with Crippen molar-refractivity contribution < 1.29 is 4.74 Å². The average Bonchev–Trinajstić information content (AvgIpc) is 2.50. The quantitative estimate of drug-likeness (QED) is 0.832. The SMILES string of the molecule is [c]1cc(-c2ccccc2)ccc1CN1CCOCC1. The fourth-order valence-electron chi connectivity index (χ4n) is 2.37. The number of hydrogen-bond donors (Lipinski definition) is 0. The first-order chi connectivity index (χ1) is 9.42. The van der Waals surface area contributed by atoms with Crippen molar-refractivity contribution in [1.29, 1.82) is 0 Å². The third-order valence-corrected chi connectivity index (χ3v) is 3.48. The third-order valence-electron chi connectivity index (χ3n) is 3.48. The maximum atomic E-state index is 5.36. The predicted octanol–water partition coefficient (Wildman–Crippen LogP) is 2.99. The normalized spacial score (nSPS) is 16.4. The van der Waals surface area contributed by atoms with Crippen molar-refractivity contribution in [3.05, 3.63) is 60.2 Å². The van der Waals surface area contributed by atoms with E-state index >= 15 is 0 Å². The van der Waals surface area contributed by atoms with Crippen LogP contribution < -0.4 is 0 Å². The van der Waals surface area contributed by atoms with Crippen LogP contribution in [0.1, 0.15) is 5.56 Å². The van der Waals surface area contributed by atoms with Gasteiger partial charge in [-0.2, -0.15) is 0 Å². The molecule has 1 aliphatic rings. The van der Waals surface area contributed by atoms with Gasteiger partial charge in [0.2, 0.25) is 0 Å². The minimum Gasteiger partial charge on any atom is -0.379 e. The number of morpholine rings is 1. The molecule has 0 aliphatic carbocycles. The van der Waals surface area contributed by atoms with E-state index in [2.05, 4.69) is 53.4 Å². The number of ether oxygens (including phenoxy) is 1. The van der Waals surface area contributed by atoms with Crippen molar-refractivity contribution in [3.8, 4) is 11.1 Å². The Morgan fingerprint density at radius 3 is 2.42 bits per heavy atom. The van der Waals surface area contributed by atoms with Gasteiger partial charge in [-0.15, -0.1) is 0 Å². The van der Waals surface area contributed by atoms with E-state index < -0.39 is 0 Å². The second-order valence-corrected chi connectivity index (χ2v) is 4.86. The summed E-state index contributed by atoms with van der Waals surface area (Å²) in [5.74, 6) is 0. The van der Waals surface area contributed by atoms with Crippen LogP contribution in [0.25, 0.3) is 11.1 Å². The summed E-state index contributed by atoms with van der Waals surface area (Å²) in [6.07, 6.45) is 0. The molecule has 1 heterocycles. The van der Waals surface area contributed by atoms with Gasteiger partial charge in [0, 0.05) is 19.6 Å². The Hall–Kier alpha value is -1.64. The van der Waals surface area contributed by atoms with Crippen LogP contribution >= 0.6 is 0 Å². The molecule has 3 rings (SSSR count). The molecule has 0 N–H and O–H groups in total. The Labute approximate surface area is 114 Å². The van der Waals surface area contributed by atoms with E-state index in [1.54, 1.807) is 0 Å². The Bertz CT molecular complexity index is 501. The highest BCUT2D eigenvalue weighted by Gasteiger charge is 2.10. The summed E-state index contributed by atoms with van der Waals surface area (Å²) >= 11 is 0. The lowest BCUT2D eigenvalue weighted by Crippen LogP contribution is -2.35. The molecular weight excluding hydrogens is 234 g/mol. The van der Waals surface area contributed by atoms with Crippen LogP contribution in [-0.4, -0.2) is 31.2 Å². The average molecular weight is 252 g/mol. The zero-order valence-corrected chi connectivity index (χ0v) is 11.0. The number of rotatable bonds is 3.